The monoisotopic (exact) mass is 380 g/mol. The summed E-state index contributed by atoms with van der Waals surface area (Å²) in [6, 6.07) is 10.7. The Hall–Kier alpha value is -2.95. The maximum Gasteiger partial charge on any atom is 0.246 e. The van der Waals surface area contributed by atoms with Gasteiger partial charge in [0.2, 0.25) is 5.91 Å². The van der Waals surface area contributed by atoms with Gasteiger partial charge in [-0.05, 0) is 56.2 Å². The minimum Gasteiger partial charge on any atom is -0.366 e. The molecule has 0 atom stereocenters. The van der Waals surface area contributed by atoms with Crippen LogP contribution < -0.4 is 4.90 Å². The molecule has 2 aromatic rings. The van der Waals surface area contributed by atoms with E-state index in [0.29, 0.717) is 37.4 Å². The summed E-state index contributed by atoms with van der Waals surface area (Å²) in [6.45, 7) is 7.67. The fourth-order valence-corrected chi connectivity index (χ4v) is 3.43. The van der Waals surface area contributed by atoms with Gasteiger partial charge in [-0.25, -0.2) is 4.39 Å². The average molecular weight is 380 g/mol. The van der Waals surface area contributed by atoms with Crippen LogP contribution in [0.15, 0.2) is 42.5 Å². The molecule has 0 aromatic heterocycles. The molecule has 1 aliphatic heterocycles. The van der Waals surface area contributed by atoms with Crippen LogP contribution in [-0.2, 0) is 4.79 Å². The van der Waals surface area contributed by atoms with Gasteiger partial charge in [-0.15, -0.1) is 0 Å². The van der Waals surface area contributed by atoms with Crippen LogP contribution in [0.2, 0.25) is 0 Å². The standard InChI is InChI=1S/C23H25FN2O2/c1-16-4-5-19(17(2)14-16)7-9-23(28)26-12-10-25(11-13-26)22-8-6-20(18(3)27)15-21(22)24/h4-9,14-15H,10-13H2,1-3H3/b9-7+. The van der Waals surface area contributed by atoms with Crippen LogP contribution in [0.1, 0.15) is 34.0 Å². The molecular weight excluding hydrogens is 355 g/mol. The molecule has 3 rings (SSSR count). The molecule has 146 valence electrons. The molecule has 1 aliphatic rings. The zero-order valence-corrected chi connectivity index (χ0v) is 16.5. The van der Waals surface area contributed by atoms with Crippen LogP contribution in [0.25, 0.3) is 6.08 Å². The number of benzene rings is 2. The molecule has 1 saturated heterocycles. The molecule has 0 spiro atoms. The maximum absolute atomic E-state index is 14.3. The summed E-state index contributed by atoms with van der Waals surface area (Å²) in [7, 11) is 0. The Bertz CT molecular complexity index is 928. The number of carbonyl (C=O) groups is 2. The molecule has 4 nitrogen and oxygen atoms in total. The molecule has 1 amide bonds. The number of amides is 1. The third-order valence-corrected chi connectivity index (χ3v) is 5.12. The quantitative estimate of drug-likeness (QED) is 0.594. The van der Waals surface area contributed by atoms with E-state index < -0.39 is 5.82 Å². The van der Waals surface area contributed by atoms with E-state index in [4.69, 9.17) is 0 Å². The number of nitrogens with zero attached hydrogens (tertiary/aromatic N) is 2. The molecule has 2 aromatic carbocycles. The van der Waals surface area contributed by atoms with E-state index in [9.17, 15) is 14.0 Å². The molecule has 0 radical (unpaired) electrons. The molecule has 0 N–H and O–H groups in total. The molecule has 0 unspecified atom stereocenters. The van der Waals surface area contributed by atoms with Gasteiger partial charge < -0.3 is 9.80 Å². The Morgan fingerprint density at radius 2 is 1.71 bits per heavy atom. The van der Waals surface area contributed by atoms with Crippen molar-refractivity contribution in [3.8, 4) is 0 Å². The van der Waals surface area contributed by atoms with Crippen molar-refractivity contribution in [3.05, 3.63) is 70.5 Å². The van der Waals surface area contributed by atoms with Crippen LogP contribution in [0.4, 0.5) is 10.1 Å². The number of halogens is 1. The zero-order valence-electron chi connectivity index (χ0n) is 16.5. The number of ketones is 1. The normalized spacial score (nSPS) is 14.6. The third-order valence-electron chi connectivity index (χ3n) is 5.12. The van der Waals surface area contributed by atoms with Crippen molar-refractivity contribution < 1.29 is 14.0 Å². The van der Waals surface area contributed by atoms with Crippen LogP contribution in [0.3, 0.4) is 0 Å². The number of anilines is 1. The smallest absolute Gasteiger partial charge is 0.246 e. The summed E-state index contributed by atoms with van der Waals surface area (Å²) in [5, 5.41) is 0. The van der Waals surface area contributed by atoms with E-state index in [1.54, 1.807) is 23.1 Å². The predicted molar refractivity (Wildman–Crippen MR) is 110 cm³/mol. The van der Waals surface area contributed by atoms with Gasteiger partial charge in [-0.1, -0.05) is 23.8 Å². The van der Waals surface area contributed by atoms with Crippen LogP contribution in [-0.4, -0.2) is 42.8 Å². The van der Waals surface area contributed by atoms with E-state index >= 15 is 0 Å². The lowest BCUT2D eigenvalue weighted by molar-refractivity contribution is -0.126. The van der Waals surface area contributed by atoms with Crippen LogP contribution >= 0.6 is 0 Å². The summed E-state index contributed by atoms with van der Waals surface area (Å²) in [4.78, 5) is 27.6. The highest BCUT2D eigenvalue weighted by molar-refractivity contribution is 5.94. The fraction of sp³-hybridized carbons (Fsp3) is 0.304. The van der Waals surface area contributed by atoms with Gasteiger partial charge in [0.1, 0.15) is 5.82 Å². The van der Waals surface area contributed by atoms with Crippen molar-refractivity contribution in [1.29, 1.82) is 0 Å². The first-order chi connectivity index (χ1) is 13.3. The fourth-order valence-electron chi connectivity index (χ4n) is 3.43. The van der Waals surface area contributed by atoms with Gasteiger partial charge in [0.05, 0.1) is 5.69 Å². The third kappa shape index (κ3) is 4.47. The second-order valence-corrected chi connectivity index (χ2v) is 7.23. The van der Waals surface area contributed by atoms with Gasteiger partial charge in [-0.2, -0.15) is 0 Å². The molecule has 0 saturated carbocycles. The van der Waals surface area contributed by atoms with Crippen LogP contribution in [0, 0.1) is 19.7 Å². The maximum atomic E-state index is 14.3. The summed E-state index contributed by atoms with van der Waals surface area (Å²) in [5.41, 5.74) is 4.21. The summed E-state index contributed by atoms with van der Waals surface area (Å²) >= 11 is 0. The molecule has 1 fully saturated rings. The highest BCUT2D eigenvalue weighted by Gasteiger charge is 2.22. The average Bonchev–Trinajstić information content (AvgIpc) is 2.67. The molecule has 0 aliphatic carbocycles. The Morgan fingerprint density at radius 1 is 1.00 bits per heavy atom. The molecule has 28 heavy (non-hydrogen) atoms. The van der Waals surface area contributed by atoms with Crippen molar-refractivity contribution in [2.45, 2.75) is 20.8 Å². The summed E-state index contributed by atoms with van der Waals surface area (Å²) in [5.74, 6) is -0.592. The van der Waals surface area contributed by atoms with Crippen molar-refractivity contribution in [2.75, 3.05) is 31.1 Å². The Balaban J connectivity index is 1.61. The SMILES string of the molecule is CC(=O)c1ccc(N2CCN(C(=O)/C=C/c3ccc(C)cc3C)CC2)c(F)c1. The van der Waals surface area contributed by atoms with Gasteiger partial charge in [0.15, 0.2) is 5.78 Å². The van der Waals surface area contributed by atoms with E-state index in [2.05, 4.69) is 6.07 Å². The minimum absolute atomic E-state index is 0.0352. The number of aryl methyl sites for hydroxylation is 2. The lowest BCUT2D eigenvalue weighted by atomic mass is 10.1. The second-order valence-electron chi connectivity index (χ2n) is 7.23. The van der Waals surface area contributed by atoms with Gasteiger partial charge in [-0.3, -0.25) is 9.59 Å². The predicted octanol–water partition coefficient (Wildman–Crippen LogP) is 4.01. The Kier molecular flexibility index (Phi) is 5.93. The van der Waals surface area contributed by atoms with Gasteiger partial charge >= 0.3 is 0 Å². The minimum atomic E-state index is -0.401. The Morgan fingerprint density at radius 3 is 2.32 bits per heavy atom. The topological polar surface area (TPSA) is 40.6 Å². The van der Waals surface area contributed by atoms with Crippen molar-refractivity contribution in [3.63, 3.8) is 0 Å². The second kappa shape index (κ2) is 8.38. The zero-order chi connectivity index (χ0) is 20.3. The lowest BCUT2D eigenvalue weighted by Gasteiger charge is -2.35. The van der Waals surface area contributed by atoms with Crippen molar-refractivity contribution >= 4 is 23.5 Å². The van der Waals surface area contributed by atoms with Crippen molar-refractivity contribution in [2.24, 2.45) is 0 Å². The van der Waals surface area contributed by atoms with Crippen LogP contribution in [0.5, 0.6) is 0 Å². The van der Waals surface area contributed by atoms with Gasteiger partial charge in [0, 0.05) is 37.8 Å². The molecule has 5 heteroatoms. The highest BCUT2D eigenvalue weighted by atomic mass is 19.1. The first-order valence-corrected chi connectivity index (χ1v) is 9.45. The van der Waals surface area contributed by atoms with Crippen molar-refractivity contribution in [1.82, 2.24) is 4.90 Å². The first-order valence-electron chi connectivity index (χ1n) is 9.45. The largest absolute Gasteiger partial charge is 0.366 e. The number of hydrogen-bond donors (Lipinski definition) is 0. The number of hydrogen-bond acceptors (Lipinski definition) is 3. The molecule has 1 heterocycles. The molecular formula is C23H25FN2O2. The van der Waals surface area contributed by atoms with E-state index in [-0.39, 0.29) is 11.7 Å². The summed E-state index contributed by atoms with van der Waals surface area (Å²) < 4.78 is 14.3. The highest BCUT2D eigenvalue weighted by Crippen LogP contribution is 2.22. The van der Waals surface area contributed by atoms with E-state index in [0.717, 1.165) is 11.1 Å². The number of Topliss-reactive ketones (excluding diaryl/α,β-unsaturated/α-hetero) is 1. The van der Waals surface area contributed by atoms with E-state index in [1.807, 2.05) is 37.0 Å². The number of rotatable bonds is 4. The Labute approximate surface area is 165 Å². The number of piperazine rings is 1. The first kappa shape index (κ1) is 19.8. The van der Waals surface area contributed by atoms with Gasteiger partial charge in [0.25, 0.3) is 0 Å². The molecule has 0 bridgehead atoms. The van der Waals surface area contributed by atoms with E-state index in [1.165, 1.54) is 18.6 Å². The lowest BCUT2D eigenvalue weighted by Crippen LogP contribution is -2.48. The summed E-state index contributed by atoms with van der Waals surface area (Å²) in [6.07, 6.45) is 3.46. The number of carbonyl (C=O) groups excluding carboxylic acids is 2.